The SMILES string of the molecule is CCOC(=O)N1CCC(NS(=O)(=O)c2cc3c(cc2Br)CCN3C(=O)CC)CC1. The van der Waals surface area contributed by atoms with Crippen molar-refractivity contribution >= 4 is 43.6 Å². The van der Waals surface area contributed by atoms with Crippen molar-refractivity contribution in [3.05, 3.63) is 22.2 Å². The molecule has 1 N–H and O–H groups in total. The first kappa shape index (κ1) is 22.0. The highest BCUT2D eigenvalue weighted by atomic mass is 79.9. The summed E-state index contributed by atoms with van der Waals surface area (Å²) in [5, 5.41) is 0. The molecule has 0 unspecified atom stereocenters. The molecular weight excluding hydrogens is 462 g/mol. The van der Waals surface area contributed by atoms with E-state index in [0.717, 1.165) is 5.56 Å². The first-order valence-corrected chi connectivity index (χ1v) is 12.1. The van der Waals surface area contributed by atoms with E-state index in [1.54, 1.807) is 35.8 Å². The number of carbonyl (C=O) groups is 2. The summed E-state index contributed by atoms with van der Waals surface area (Å²) in [6, 6.07) is 3.10. The second-order valence-electron chi connectivity index (χ2n) is 7.14. The van der Waals surface area contributed by atoms with Gasteiger partial charge in [0.15, 0.2) is 0 Å². The van der Waals surface area contributed by atoms with Gasteiger partial charge < -0.3 is 14.5 Å². The van der Waals surface area contributed by atoms with Crippen LogP contribution >= 0.6 is 15.9 Å². The number of rotatable bonds is 5. The molecule has 2 amide bonds. The summed E-state index contributed by atoms with van der Waals surface area (Å²) in [5.41, 5.74) is 1.62. The molecule has 3 rings (SSSR count). The second kappa shape index (κ2) is 9.01. The van der Waals surface area contributed by atoms with E-state index in [-0.39, 0.29) is 22.9 Å². The monoisotopic (exact) mass is 487 g/mol. The number of halogens is 1. The lowest BCUT2D eigenvalue weighted by Crippen LogP contribution is -2.46. The topological polar surface area (TPSA) is 96.0 Å². The highest BCUT2D eigenvalue weighted by molar-refractivity contribution is 9.10. The number of carbonyl (C=O) groups excluding carboxylic acids is 2. The zero-order valence-electron chi connectivity index (χ0n) is 16.6. The van der Waals surface area contributed by atoms with Crippen molar-refractivity contribution in [2.75, 3.05) is 31.1 Å². The van der Waals surface area contributed by atoms with Gasteiger partial charge in [0.1, 0.15) is 0 Å². The van der Waals surface area contributed by atoms with Crippen molar-refractivity contribution in [1.82, 2.24) is 9.62 Å². The Kier molecular flexibility index (Phi) is 6.85. The number of hydrogen-bond acceptors (Lipinski definition) is 5. The fourth-order valence-corrected chi connectivity index (χ4v) is 6.14. The van der Waals surface area contributed by atoms with E-state index in [0.29, 0.717) is 62.1 Å². The number of benzene rings is 1. The van der Waals surface area contributed by atoms with E-state index in [1.165, 1.54) is 0 Å². The average Bonchev–Trinajstić information content (AvgIpc) is 3.09. The van der Waals surface area contributed by atoms with Crippen molar-refractivity contribution in [2.45, 2.75) is 50.5 Å². The van der Waals surface area contributed by atoms with Gasteiger partial charge in [-0.25, -0.2) is 17.9 Å². The van der Waals surface area contributed by atoms with Crippen molar-refractivity contribution in [3.8, 4) is 0 Å². The smallest absolute Gasteiger partial charge is 0.409 e. The van der Waals surface area contributed by atoms with Crippen LogP contribution in [-0.4, -0.2) is 57.6 Å². The lowest BCUT2D eigenvalue weighted by molar-refractivity contribution is -0.118. The van der Waals surface area contributed by atoms with Crippen LogP contribution in [0.1, 0.15) is 38.7 Å². The van der Waals surface area contributed by atoms with Crippen LogP contribution in [0.4, 0.5) is 10.5 Å². The zero-order chi connectivity index (χ0) is 21.2. The van der Waals surface area contributed by atoms with Gasteiger partial charge >= 0.3 is 6.09 Å². The van der Waals surface area contributed by atoms with Crippen LogP contribution in [0.3, 0.4) is 0 Å². The van der Waals surface area contributed by atoms with Gasteiger partial charge in [0.25, 0.3) is 0 Å². The van der Waals surface area contributed by atoms with Crippen LogP contribution in [-0.2, 0) is 26.0 Å². The number of ether oxygens (including phenoxy) is 1. The largest absolute Gasteiger partial charge is 0.450 e. The lowest BCUT2D eigenvalue weighted by atomic mass is 10.1. The number of anilines is 1. The van der Waals surface area contributed by atoms with Gasteiger partial charge in [0.2, 0.25) is 15.9 Å². The third-order valence-electron chi connectivity index (χ3n) is 5.26. The summed E-state index contributed by atoms with van der Waals surface area (Å²) in [6.07, 6.45) is 1.74. The normalized spacial score (nSPS) is 17.3. The number of amides is 2. The van der Waals surface area contributed by atoms with Crippen LogP contribution in [0.5, 0.6) is 0 Å². The molecule has 1 aromatic carbocycles. The maximum absolute atomic E-state index is 13.0. The molecule has 0 atom stereocenters. The van der Waals surface area contributed by atoms with Crippen LogP contribution < -0.4 is 9.62 Å². The highest BCUT2D eigenvalue weighted by Gasteiger charge is 2.31. The van der Waals surface area contributed by atoms with E-state index in [4.69, 9.17) is 4.74 Å². The summed E-state index contributed by atoms with van der Waals surface area (Å²) in [4.78, 5) is 27.3. The molecule has 1 saturated heterocycles. The third-order valence-corrected chi connectivity index (χ3v) is 7.74. The quantitative estimate of drug-likeness (QED) is 0.688. The highest BCUT2D eigenvalue weighted by Crippen LogP contribution is 2.36. The molecule has 10 heteroatoms. The molecule has 2 aliphatic rings. The Morgan fingerprint density at radius 3 is 2.52 bits per heavy atom. The lowest BCUT2D eigenvalue weighted by Gasteiger charge is -2.31. The van der Waals surface area contributed by atoms with Gasteiger partial charge in [0.05, 0.1) is 11.5 Å². The summed E-state index contributed by atoms with van der Waals surface area (Å²) in [5.74, 6) is -0.0197. The van der Waals surface area contributed by atoms with Gasteiger partial charge in [-0.05, 0) is 59.8 Å². The molecule has 0 spiro atoms. The Morgan fingerprint density at radius 1 is 1.21 bits per heavy atom. The number of hydrogen-bond donors (Lipinski definition) is 1. The van der Waals surface area contributed by atoms with Gasteiger partial charge in [-0.3, -0.25) is 4.79 Å². The van der Waals surface area contributed by atoms with E-state index in [1.807, 2.05) is 0 Å². The number of fused-ring (bicyclic) bond motifs is 1. The fourth-order valence-electron chi connectivity index (χ4n) is 3.72. The Balaban J connectivity index is 1.74. The van der Waals surface area contributed by atoms with Gasteiger partial charge in [-0.15, -0.1) is 0 Å². The number of likely N-dealkylation sites (tertiary alicyclic amines) is 1. The van der Waals surface area contributed by atoms with Gasteiger partial charge in [-0.1, -0.05) is 6.92 Å². The summed E-state index contributed by atoms with van der Waals surface area (Å²) in [7, 11) is -3.79. The Bertz CT molecular complexity index is 897. The number of sulfonamides is 1. The molecule has 160 valence electrons. The van der Waals surface area contributed by atoms with Crippen LogP contribution in [0, 0.1) is 0 Å². The van der Waals surface area contributed by atoms with Crippen molar-refractivity contribution < 1.29 is 22.7 Å². The molecular formula is C19H26BrN3O5S. The minimum atomic E-state index is -3.79. The van der Waals surface area contributed by atoms with Gasteiger partial charge in [-0.2, -0.15) is 0 Å². The molecule has 2 aliphatic heterocycles. The summed E-state index contributed by atoms with van der Waals surface area (Å²) in [6.45, 7) is 5.31. The standard InChI is InChI=1S/C19H26BrN3O5S/c1-3-18(24)23-10-5-13-11-15(20)17(12-16(13)23)29(26,27)21-14-6-8-22(9-7-14)19(25)28-4-2/h11-12,14,21H,3-10H2,1-2H3. The van der Waals surface area contributed by atoms with E-state index in [9.17, 15) is 18.0 Å². The second-order valence-corrected chi connectivity index (χ2v) is 9.68. The fraction of sp³-hybridized carbons (Fsp3) is 0.579. The number of piperidine rings is 1. The predicted octanol–water partition coefficient (Wildman–Crippen LogP) is 2.65. The molecule has 0 aromatic heterocycles. The first-order valence-electron chi connectivity index (χ1n) is 9.83. The van der Waals surface area contributed by atoms with Crippen molar-refractivity contribution in [3.63, 3.8) is 0 Å². The summed E-state index contributed by atoms with van der Waals surface area (Å²) >= 11 is 3.38. The minimum absolute atomic E-state index is 0.0197. The zero-order valence-corrected chi connectivity index (χ0v) is 19.0. The molecule has 8 nitrogen and oxygen atoms in total. The van der Waals surface area contributed by atoms with E-state index >= 15 is 0 Å². The predicted molar refractivity (Wildman–Crippen MR) is 112 cm³/mol. The molecule has 1 fully saturated rings. The Hall–Kier alpha value is -1.65. The molecule has 0 radical (unpaired) electrons. The average molecular weight is 488 g/mol. The van der Waals surface area contributed by atoms with Gasteiger partial charge in [0, 0.05) is 42.3 Å². The molecule has 2 heterocycles. The Labute approximate surface area is 179 Å². The van der Waals surface area contributed by atoms with Crippen LogP contribution in [0.2, 0.25) is 0 Å². The maximum Gasteiger partial charge on any atom is 0.409 e. The maximum atomic E-state index is 13.0. The Morgan fingerprint density at radius 2 is 1.90 bits per heavy atom. The van der Waals surface area contributed by atoms with Crippen molar-refractivity contribution in [1.29, 1.82) is 0 Å². The van der Waals surface area contributed by atoms with Crippen molar-refractivity contribution in [2.24, 2.45) is 0 Å². The van der Waals surface area contributed by atoms with Crippen LogP contribution in [0.25, 0.3) is 0 Å². The minimum Gasteiger partial charge on any atom is -0.450 e. The van der Waals surface area contributed by atoms with Crippen LogP contribution in [0.15, 0.2) is 21.5 Å². The first-order chi connectivity index (χ1) is 13.8. The molecule has 0 saturated carbocycles. The molecule has 29 heavy (non-hydrogen) atoms. The number of nitrogens with one attached hydrogen (secondary N) is 1. The molecule has 1 aromatic rings. The van der Waals surface area contributed by atoms with E-state index < -0.39 is 10.0 Å². The molecule has 0 aliphatic carbocycles. The third kappa shape index (κ3) is 4.75. The summed E-state index contributed by atoms with van der Waals surface area (Å²) < 4.78 is 34.3. The molecule has 0 bridgehead atoms. The van der Waals surface area contributed by atoms with E-state index in [2.05, 4.69) is 20.7 Å². The number of nitrogens with zero attached hydrogens (tertiary/aromatic N) is 2.